The lowest BCUT2D eigenvalue weighted by molar-refractivity contribution is -0.115. The molecular formula is C58H56N16O6. The first kappa shape index (κ1) is 52.3. The molecule has 2 aliphatic rings. The number of oxazole rings is 2. The van der Waals surface area contributed by atoms with Gasteiger partial charge in [0.1, 0.15) is 34.1 Å². The number of hydrogen-bond acceptors (Lipinski definition) is 16. The fourth-order valence-electron chi connectivity index (χ4n) is 10.00. The van der Waals surface area contributed by atoms with E-state index in [0.29, 0.717) is 120 Å². The van der Waals surface area contributed by atoms with Crippen LogP contribution in [0, 0.1) is 13.8 Å². The number of hydrogen-bond donors (Lipinski definition) is 4. The van der Waals surface area contributed by atoms with Crippen molar-refractivity contribution in [2.75, 3.05) is 63.0 Å². The summed E-state index contributed by atoms with van der Waals surface area (Å²) in [5, 5.41) is 20.3. The van der Waals surface area contributed by atoms with Crippen LogP contribution in [0.15, 0.2) is 143 Å². The highest BCUT2D eigenvalue weighted by Crippen LogP contribution is 2.32. The van der Waals surface area contributed by atoms with E-state index >= 15 is 0 Å². The molecule has 8 heterocycles. The van der Waals surface area contributed by atoms with Crippen LogP contribution in [0.1, 0.15) is 81.3 Å². The van der Waals surface area contributed by atoms with E-state index in [9.17, 15) is 19.2 Å². The zero-order valence-electron chi connectivity index (χ0n) is 44.3. The average Bonchev–Trinajstić information content (AvgIpc) is 4.35. The molecule has 4 amide bonds. The molecule has 22 heteroatoms. The molecule has 22 nitrogen and oxygen atoms in total. The summed E-state index contributed by atoms with van der Waals surface area (Å²) in [5.74, 6) is 3.12. The van der Waals surface area contributed by atoms with E-state index in [1.165, 1.54) is 13.8 Å². The quantitative estimate of drug-likeness (QED) is 0.0915. The van der Waals surface area contributed by atoms with Crippen LogP contribution in [0.4, 0.5) is 11.4 Å². The van der Waals surface area contributed by atoms with Crippen LogP contribution >= 0.6 is 0 Å². The number of anilines is 2. The van der Waals surface area contributed by atoms with Gasteiger partial charge in [0.2, 0.25) is 23.6 Å². The minimum Gasteiger partial charge on any atom is -0.436 e. The fraction of sp³-hybridized carbons (Fsp3) is 0.241. The first-order valence-corrected chi connectivity index (χ1v) is 26.1. The van der Waals surface area contributed by atoms with Crippen molar-refractivity contribution in [1.29, 1.82) is 0 Å². The first-order valence-electron chi connectivity index (χ1n) is 26.1. The van der Waals surface area contributed by atoms with Crippen molar-refractivity contribution in [2.45, 2.75) is 39.8 Å². The lowest BCUT2D eigenvalue weighted by Gasteiger charge is -2.38. The molecular weight excluding hydrogens is 1020 g/mol. The van der Waals surface area contributed by atoms with Crippen molar-refractivity contribution in [3.05, 3.63) is 180 Å². The monoisotopic (exact) mass is 1070 g/mol. The van der Waals surface area contributed by atoms with E-state index in [-0.39, 0.29) is 35.7 Å². The number of pyridine rings is 2. The fourth-order valence-corrected chi connectivity index (χ4v) is 10.00. The zero-order chi connectivity index (χ0) is 55.3. The molecule has 4 N–H and O–H groups in total. The number of nitrogens with zero attached hydrogens (tertiary/aromatic N) is 12. The molecule has 0 radical (unpaired) electrons. The van der Waals surface area contributed by atoms with E-state index in [2.05, 4.69) is 95.0 Å². The summed E-state index contributed by atoms with van der Waals surface area (Å²) in [6.07, 6.45) is 3.18. The molecule has 2 aliphatic heterocycles. The minimum atomic E-state index is -0.162. The number of aromatic amines is 2. The molecule has 80 heavy (non-hydrogen) atoms. The second-order valence-electron chi connectivity index (χ2n) is 19.5. The molecule has 0 aliphatic carbocycles. The van der Waals surface area contributed by atoms with Crippen LogP contribution in [0.3, 0.4) is 0 Å². The number of nitrogens with one attached hydrogen (secondary N) is 4. The maximum absolute atomic E-state index is 13.4. The second kappa shape index (κ2) is 23.0. The third-order valence-corrected chi connectivity index (χ3v) is 13.7. The standard InChI is InChI=1S/2C29H28N8O3/c2*1-18-31-27(35-34-18)26(20-6-4-3-5-7-20)36-12-14-37(15-13-36)29(39)24-16-21(10-11-30-24)28-33-23-17-22(32-19(2)38)8-9-25(23)40-28/h2*3-11,16-17,26H,12-15H2,1-2H3,(H,32,38)(H,31,34,35)/t26-;/m0./s1. The lowest BCUT2D eigenvalue weighted by Crippen LogP contribution is -2.50. The molecule has 0 saturated carbocycles. The highest BCUT2D eigenvalue weighted by molar-refractivity contribution is 5.95. The van der Waals surface area contributed by atoms with Crippen LogP contribution in [-0.4, -0.2) is 146 Å². The predicted molar refractivity (Wildman–Crippen MR) is 297 cm³/mol. The van der Waals surface area contributed by atoms with Gasteiger partial charge in [-0.2, -0.15) is 10.2 Å². The molecule has 0 spiro atoms. The number of H-pyrrole nitrogens is 2. The normalized spacial score (nSPS) is 14.8. The van der Waals surface area contributed by atoms with Crippen molar-refractivity contribution in [3.63, 3.8) is 0 Å². The van der Waals surface area contributed by atoms with E-state index in [0.717, 1.165) is 34.4 Å². The number of amides is 4. The number of rotatable bonds is 12. The van der Waals surface area contributed by atoms with Gasteiger partial charge in [0.15, 0.2) is 22.8 Å². The summed E-state index contributed by atoms with van der Waals surface area (Å²) >= 11 is 0. The van der Waals surface area contributed by atoms with Gasteiger partial charge < -0.3 is 29.3 Å². The van der Waals surface area contributed by atoms with Gasteiger partial charge in [-0.3, -0.25) is 49.1 Å². The molecule has 12 rings (SSSR count). The third-order valence-electron chi connectivity index (χ3n) is 13.7. The molecule has 2 atom stereocenters. The van der Waals surface area contributed by atoms with Gasteiger partial charge in [0, 0.05) is 101 Å². The SMILES string of the molecule is CC(=O)Nc1ccc2oc(-c3ccnc(C(=O)N4CCN(C(c5ccccc5)c5n[nH]c(C)n5)CC4)c3)nc2c1.CC(=O)Nc1ccc2oc(-c3ccnc(C(=O)N4CCN([C@@H](c5ccccc5)c5n[nH]c(C)n5)CC4)c3)nc2c1. The second-order valence-corrected chi connectivity index (χ2v) is 19.5. The van der Waals surface area contributed by atoms with Crippen LogP contribution in [0.25, 0.3) is 45.1 Å². The van der Waals surface area contributed by atoms with Gasteiger partial charge in [-0.25, -0.2) is 19.9 Å². The Balaban J connectivity index is 0.000000169. The van der Waals surface area contributed by atoms with Crippen molar-refractivity contribution < 1.29 is 28.0 Å². The molecule has 0 bridgehead atoms. The highest BCUT2D eigenvalue weighted by atomic mass is 16.4. The number of carbonyl (C=O) groups excluding carboxylic acids is 4. The minimum absolute atomic E-state index is 0.102. The van der Waals surface area contributed by atoms with Gasteiger partial charge in [-0.05, 0) is 85.6 Å². The van der Waals surface area contributed by atoms with Gasteiger partial charge in [-0.15, -0.1) is 0 Å². The summed E-state index contributed by atoms with van der Waals surface area (Å²) in [6.45, 7) is 11.5. The van der Waals surface area contributed by atoms with Crippen LogP contribution in [-0.2, 0) is 9.59 Å². The zero-order valence-corrected chi connectivity index (χ0v) is 44.3. The van der Waals surface area contributed by atoms with Crippen molar-refractivity contribution in [2.24, 2.45) is 0 Å². The summed E-state index contributed by atoms with van der Waals surface area (Å²) in [5.41, 5.74) is 7.84. The van der Waals surface area contributed by atoms with Crippen molar-refractivity contribution in [1.82, 2.24) is 69.9 Å². The maximum Gasteiger partial charge on any atom is 0.272 e. The predicted octanol–water partition coefficient (Wildman–Crippen LogP) is 7.64. The molecule has 404 valence electrons. The Bertz CT molecular complexity index is 3590. The summed E-state index contributed by atoms with van der Waals surface area (Å²) in [6, 6.07) is 37.6. The van der Waals surface area contributed by atoms with E-state index in [4.69, 9.17) is 8.83 Å². The topological polar surface area (TPSA) is 266 Å². The first-order chi connectivity index (χ1) is 38.9. The number of aromatic nitrogens is 10. The van der Waals surface area contributed by atoms with E-state index < -0.39 is 0 Å². The number of aryl methyl sites for hydroxylation is 2. The Kier molecular flexibility index (Phi) is 15.1. The molecule has 1 unspecified atom stereocenters. The highest BCUT2D eigenvalue weighted by Gasteiger charge is 2.33. The van der Waals surface area contributed by atoms with Crippen LogP contribution < -0.4 is 10.6 Å². The van der Waals surface area contributed by atoms with Crippen molar-refractivity contribution in [3.8, 4) is 22.9 Å². The molecule has 6 aromatic heterocycles. The summed E-state index contributed by atoms with van der Waals surface area (Å²) in [4.78, 5) is 84.9. The van der Waals surface area contributed by atoms with Gasteiger partial charge in [0.05, 0.1) is 12.1 Å². The lowest BCUT2D eigenvalue weighted by atomic mass is 10.0. The Labute approximate surface area is 458 Å². The Hall–Kier alpha value is -9.80. The molecule has 4 aromatic carbocycles. The molecule has 10 aromatic rings. The smallest absolute Gasteiger partial charge is 0.272 e. The Morgan fingerprint density at radius 2 is 0.900 bits per heavy atom. The largest absolute Gasteiger partial charge is 0.436 e. The Morgan fingerprint density at radius 3 is 1.26 bits per heavy atom. The summed E-state index contributed by atoms with van der Waals surface area (Å²) in [7, 11) is 0. The maximum atomic E-state index is 13.4. The van der Waals surface area contributed by atoms with E-state index in [1.807, 2.05) is 60.0 Å². The Morgan fingerprint density at radius 1 is 0.500 bits per heavy atom. The van der Waals surface area contributed by atoms with E-state index in [1.54, 1.807) is 73.1 Å². The number of carbonyl (C=O) groups is 4. The van der Waals surface area contributed by atoms with Crippen molar-refractivity contribution >= 4 is 57.2 Å². The number of fused-ring (bicyclic) bond motifs is 2. The van der Waals surface area contributed by atoms with Gasteiger partial charge in [0.25, 0.3) is 11.8 Å². The van der Waals surface area contributed by atoms with Gasteiger partial charge in [-0.1, -0.05) is 60.7 Å². The average molecular weight is 1070 g/mol. The molecule has 2 saturated heterocycles. The number of benzene rings is 4. The van der Waals surface area contributed by atoms with Crippen LogP contribution in [0.2, 0.25) is 0 Å². The van der Waals surface area contributed by atoms with Gasteiger partial charge >= 0.3 is 0 Å². The molecule has 2 fully saturated rings. The summed E-state index contributed by atoms with van der Waals surface area (Å²) < 4.78 is 11.8. The van der Waals surface area contributed by atoms with Crippen LogP contribution in [0.5, 0.6) is 0 Å². The third kappa shape index (κ3) is 11.7. The number of piperazine rings is 2.